The van der Waals surface area contributed by atoms with Crippen LogP contribution < -0.4 is 16.4 Å². The van der Waals surface area contributed by atoms with E-state index in [9.17, 15) is 0 Å². The molecule has 1 aromatic rings. The molecule has 0 aromatic heterocycles. The van der Waals surface area contributed by atoms with Gasteiger partial charge in [-0.2, -0.15) is 0 Å². The lowest BCUT2D eigenvalue weighted by molar-refractivity contribution is 0.102. The fourth-order valence-electron chi connectivity index (χ4n) is 0.985. The van der Waals surface area contributed by atoms with Gasteiger partial charge in [0.1, 0.15) is 24.8 Å². The third-order valence-electron chi connectivity index (χ3n) is 1.70. The van der Waals surface area contributed by atoms with Crippen LogP contribution in [0, 0.1) is 5.41 Å². The van der Waals surface area contributed by atoms with Gasteiger partial charge in [0, 0.05) is 5.56 Å². The Morgan fingerprint density at radius 3 is 2.67 bits per heavy atom. The predicted octanol–water partition coefficient (Wildman–Crippen LogP) is 0.893. The molecule has 0 aliphatic carbocycles. The van der Waals surface area contributed by atoms with Crippen LogP contribution in [0.5, 0.6) is 5.75 Å². The standard InChI is InChI=1S/C9H12ClN3O2/c10-7-5-6(9(11)12)1-2-8(7)14-3-4-15-13/h1-2,5H,3-4,13H2,(H3,11,12). The largest absolute Gasteiger partial charge is 0.490 e. The van der Waals surface area contributed by atoms with Gasteiger partial charge < -0.3 is 15.3 Å². The number of benzene rings is 1. The summed E-state index contributed by atoms with van der Waals surface area (Å²) in [5.41, 5.74) is 5.86. The van der Waals surface area contributed by atoms with Crippen molar-refractivity contribution in [1.29, 1.82) is 5.41 Å². The van der Waals surface area contributed by atoms with E-state index in [2.05, 4.69) is 4.84 Å². The lowest BCUT2D eigenvalue weighted by atomic mass is 10.2. The molecule has 0 atom stereocenters. The molecular weight excluding hydrogens is 218 g/mol. The van der Waals surface area contributed by atoms with Gasteiger partial charge in [-0.15, -0.1) is 0 Å². The van der Waals surface area contributed by atoms with E-state index in [0.717, 1.165) is 0 Å². The highest BCUT2D eigenvalue weighted by molar-refractivity contribution is 6.32. The first-order valence-corrected chi connectivity index (χ1v) is 4.61. The van der Waals surface area contributed by atoms with Gasteiger partial charge in [-0.05, 0) is 18.2 Å². The third-order valence-corrected chi connectivity index (χ3v) is 2.00. The predicted molar refractivity (Wildman–Crippen MR) is 58.1 cm³/mol. The summed E-state index contributed by atoms with van der Waals surface area (Å²) in [4.78, 5) is 4.34. The highest BCUT2D eigenvalue weighted by Gasteiger charge is 2.04. The summed E-state index contributed by atoms with van der Waals surface area (Å²) in [7, 11) is 0. The molecule has 0 radical (unpaired) electrons. The van der Waals surface area contributed by atoms with Crippen LogP contribution in [-0.4, -0.2) is 19.0 Å². The molecule has 0 fully saturated rings. The second kappa shape index (κ2) is 5.55. The van der Waals surface area contributed by atoms with Crippen LogP contribution >= 0.6 is 11.6 Å². The molecule has 0 spiro atoms. The lowest BCUT2D eigenvalue weighted by Gasteiger charge is -2.08. The van der Waals surface area contributed by atoms with E-state index in [0.29, 0.717) is 22.9 Å². The molecule has 0 aliphatic rings. The SMILES string of the molecule is N=C(N)c1ccc(OCCON)c(Cl)c1. The van der Waals surface area contributed by atoms with Crippen molar-refractivity contribution in [3.8, 4) is 5.75 Å². The van der Waals surface area contributed by atoms with Gasteiger partial charge >= 0.3 is 0 Å². The van der Waals surface area contributed by atoms with Crippen molar-refractivity contribution in [3.63, 3.8) is 0 Å². The zero-order chi connectivity index (χ0) is 11.3. The van der Waals surface area contributed by atoms with Crippen molar-refractivity contribution in [2.45, 2.75) is 0 Å². The minimum atomic E-state index is -0.0336. The fraction of sp³-hybridized carbons (Fsp3) is 0.222. The average molecular weight is 230 g/mol. The van der Waals surface area contributed by atoms with Crippen molar-refractivity contribution in [3.05, 3.63) is 28.8 Å². The van der Waals surface area contributed by atoms with Crippen LogP contribution in [0.15, 0.2) is 18.2 Å². The first kappa shape index (κ1) is 11.8. The van der Waals surface area contributed by atoms with Gasteiger partial charge in [-0.25, -0.2) is 5.90 Å². The first-order valence-electron chi connectivity index (χ1n) is 4.23. The van der Waals surface area contributed by atoms with Crippen molar-refractivity contribution in [2.75, 3.05) is 13.2 Å². The number of nitrogens with two attached hydrogens (primary N) is 2. The molecule has 0 bridgehead atoms. The number of nitrogens with one attached hydrogen (secondary N) is 1. The van der Waals surface area contributed by atoms with E-state index >= 15 is 0 Å². The molecule has 82 valence electrons. The minimum Gasteiger partial charge on any atom is -0.490 e. The Bertz CT molecular complexity index is 357. The third kappa shape index (κ3) is 3.39. The number of amidine groups is 1. The highest BCUT2D eigenvalue weighted by Crippen LogP contribution is 2.25. The van der Waals surface area contributed by atoms with Gasteiger partial charge in [0.2, 0.25) is 0 Å². The number of nitrogen functional groups attached to an aromatic ring is 1. The van der Waals surface area contributed by atoms with Gasteiger partial charge in [0.15, 0.2) is 0 Å². The molecule has 0 saturated heterocycles. The van der Waals surface area contributed by atoms with Crippen molar-refractivity contribution < 1.29 is 9.57 Å². The second-order valence-corrected chi connectivity index (χ2v) is 3.19. The van der Waals surface area contributed by atoms with Crippen LogP contribution in [0.3, 0.4) is 0 Å². The van der Waals surface area contributed by atoms with Crippen LogP contribution in [0.25, 0.3) is 0 Å². The maximum Gasteiger partial charge on any atom is 0.138 e. The van der Waals surface area contributed by atoms with Gasteiger partial charge in [-0.3, -0.25) is 5.41 Å². The van der Waals surface area contributed by atoms with E-state index in [-0.39, 0.29) is 12.4 Å². The molecule has 6 heteroatoms. The van der Waals surface area contributed by atoms with E-state index in [4.69, 9.17) is 33.4 Å². The smallest absolute Gasteiger partial charge is 0.138 e. The zero-order valence-electron chi connectivity index (χ0n) is 8.00. The Morgan fingerprint density at radius 1 is 1.40 bits per heavy atom. The van der Waals surface area contributed by atoms with Crippen LogP contribution in [-0.2, 0) is 4.84 Å². The van der Waals surface area contributed by atoms with Crippen LogP contribution in [0.2, 0.25) is 5.02 Å². The van der Waals surface area contributed by atoms with Crippen molar-refractivity contribution in [2.24, 2.45) is 11.6 Å². The Kier molecular flexibility index (Phi) is 4.36. The number of ether oxygens (including phenoxy) is 1. The molecule has 0 aliphatic heterocycles. The fourth-order valence-corrected chi connectivity index (χ4v) is 1.22. The summed E-state index contributed by atoms with van der Waals surface area (Å²) in [6.07, 6.45) is 0. The summed E-state index contributed by atoms with van der Waals surface area (Å²) in [6.45, 7) is 0.598. The number of hydrogen-bond donors (Lipinski definition) is 3. The Balaban J connectivity index is 2.70. The number of rotatable bonds is 5. The van der Waals surface area contributed by atoms with Gasteiger partial charge in [0.05, 0.1) is 5.02 Å². The lowest BCUT2D eigenvalue weighted by Crippen LogP contribution is -2.12. The molecule has 0 amide bonds. The van der Waals surface area contributed by atoms with Crippen molar-refractivity contribution in [1.82, 2.24) is 0 Å². The van der Waals surface area contributed by atoms with E-state index in [1.165, 1.54) is 0 Å². The molecule has 0 unspecified atom stereocenters. The van der Waals surface area contributed by atoms with Gasteiger partial charge in [-0.1, -0.05) is 11.6 Å². The maximum atomic E-state index is 7.21. The van der Waals surface area contributed by atoms with Crippen LogP contribution in [0.1, 0.15) is 5.56 Å². The Labute approximate surface area is 92.4 Å². The first-order chi connectivity index (χ1) is 7.15. The Hall–Kier alpha value is -1.30. The van der Waals surface area contributed by atoms with E-state index in [1.807, 2.05) is 0 Å². The second-order valence-electron chi connectivity index (χ2n) is 2.78. The molecule has 1 rings (SSSR count). The van der Waals surface area contributed by atoms with Crippen LogP contribution in [0.4, 0.5) is 0 Å². The monoisotopic (exact) mass is 229 g/mol. The van der Waals surface area contributed by atoms with E-state index in [1.54, 1.807) is 18.2 Å². The molecule has 0 saturated carbocycles. The summed E-state index contributed by atoms with van der Waals surface area (Å²) < 4.78 is 5.26. The maximum absolute atomic E-state index is 7.21. The number of halogens is 1. The minimum absolute atomic E-state index is 0.0336. The normalized spacial score (nSPS) is 10.0. The molecule has 1 aromatic carbocycles. The molecule has 15 heavy (non-hydrogen) atoms. The topological polar surface area (TPSA) is 94.4 Å². The summed E-state index contributed by atoms with van der Waals surface area (Å²) in [5.74, 6) is 5.32. The molecule has 5 nitrogen and oxygen atoms in total. The van der Waals surface area contributed by atoms with E-state index < -0.39 is 0 Å². The number of hydrogen-bond acceptors (Lipinski definition) is 4. The molecular formula is C9H12ClN3O2. The summed E-state index contributed by atoms with van der Waals surface area (Å²) in [5, 5.41) is 7.61. The highest BCUT2D eigenvalue weighted by atomic mass is 35.5. The Morgan fingerprint density at radius 2 is 2.13 bits per heavy atom. The molecule has 0 heterocycles. The quantitative estimate of drug-likeness (QED) is 0.303. The summed E-state index contributed by atoms with van der Waals surface area (Å²) >= 11 is 5.90. The van der Waals surface area contributed by atoms with Gasteiger partial charge in [0.25, 0.3) is 0 Å². The molecule has 5 N–H and O–H groups in total. The summed E-state index contributed by atoms with van der Waals surface area (Å²) in [6, 6.07) is 4.88. The zero-order valence-corrected chi connectivity index (χ0v) is 8.75. The van der Waals surface area contributed by atoms with Crippen molar-refractivity contribution >= 4 is 17.4 Å². The average Bonchev–Trinajstić information content (AvgIpc) is 2.20.